The van der Waals surface area contributed by atoms with Crippen LogP contribution in [-0.2, 0) is 38.7 Å². The molecule has 2 saturated carbocycles. The Morgan fingerprint density at radius 2 is 1.67 bits per heavy atom. The van der Waals surface area contributed by atoms with E-state index in [0.29, 0.717) is 22.4 Å². The molecule has 6 N–H and O–H groups in total. The number of para-hydroxylation sites is 1. The van der Waals surface area contributed by atoms with Gasteiger partial charge in [0.2, 0.25) is 5.91 Å². The zero-order valence-electron chi connectivity index (χ0n) is 24.5. The number of ketones is 4. The van der Waals surface area contributed by atoms with Crippen LogP contribution in [0.25, 0.3) is 0 Å². The number of phenols is 2. The van der Waals surface area contributed by atoms with Crippen LogP contribution >= 0.6 is 0 Å². The van der Waals surface area contributed by atoms with Crippen LogP contribution in [0, 0.1) is 23.7 Å². The molecule has 2 fully saturated rings. The number of benzene rings is 2. The highest BCUT2D eigenvalue weighted by atomic mass is 16.3. The summed E-state index contributed by atoms with van der Waals surface area (Å²) < 4.78 is 0. The highest BCUT2D eigenvalue weighted by molar-refractivity contribution is 6.32. The summed E-state index contributed by atoms with van der Waals surface area (Å²) in [6.07, 6.45) is 0.167. The van der Waals surface area contributed by atoms with Crippen LogP contribution in [0.1, 0.15) is 33.5 Å². The number of Topliss-reactive ketones (excluding diaryl/α,β-unsaturated/α-hetero) is 4. The van der Waals surface area contributed by atoms with Crippen molar-refractivity contribution in [2.24, 2.45) is 29.4 Å². The maximum atomic E-state index is 14.1. The predicted molar refractivity (Wildman–Crippen MR) is 154 cm³/mol. The lowest BCUT2D eigenvalue weighted by atomic mass is 9.52. The molecule has 6 atom stereocenters. The molecule has 1 amide bonds. The molecule has 2 aromatic rings. The van der Waals surface area contributed by atoms with Gasteiger partial charge in [-0.15, -0.1) is 0 Å². The van der Waals surface area contributed by atoms with E-state index in [9.17, 15) is 39.3 Å². The van der Waals surface area contributed by atoms with Gasteiger partial charge < -0.3 is 31.3 Å². The Labute approximate surface area is 248 Å². The minimum atomic E-state index is -2.77. The predicted octanol–water partition coefficient (Wildman–Crippen LogP) is -0.0716. The Morgan fingerprint density at radius 1 is 1.02 bits per heavy atom. The van der Waals surface area contributed by atoms with Crippen molar-refractivity contribution < 1.29 is 39.3 Å². The van der Waals surface area contributed by atoms with E-state index in [1.54, 1.807) is 63.4 Å². The van der Waals surface area contributed by atoms with Crippen LogP contribution in [0.3, 0.4) is 0 Å². The lowest BCUT2D eigenvalue weighted by Gasteiger charge is -2.52. The minimum Gasteiger partial charge on any atom is -0.508 e. The van der Waals surface area contributed by atoms with E-state index in [2.05, 4.69) is 5.32 Å². The number of nitrogens with zero attached hydrogens (tertiary/aromatic N) is 2. The molecule has 228 valence electrons. The molecular formula is C31H36N4O8. The molecule has 0 heterocycles. The molecule has 43 heavy (non-hydrogen) atoms. The van der Waals surface area contributed by atoms with E-state index in [0.717, 1.165) is 0 Å². The number of nitrogens with one attached hydrogen (secondary N) is 1. The van der Waals surface area contributed by atoms with Crippen LogP contribution < -0.4 is 16.0 Å². The Morgan fingerprint density at radius 3 is 2.28 bits per heavy atom. The number of likely N-dealkylation sites (N-methyl/N-ethyl adjacent to an activating group) is 1. The molecule has 2 aromatic carbocycles. The Hall–Kier alpha value is -4.13. The third-order valence-corrected chi connectivity index (χ3v) is 9.22. The monoisotopic (exact) mass is 592 g/mol. The summed E-state index contributed by atoms with van der Waals surface area (Å²) in [6.45, 7) is 0.405. The maximum absolute atomic E-state index is 14.1. The SMILES string of the molecule is CN(C)c1cc(CNCc2ccccc2O)c(O)c2c1C[C@H]1C[C@H]3[C@H](N(C)C)C(=O)C(C(N)=O)C(=O)[C@@]3(O)C(=O)C1C2=O. The van der Waals surface area contributed by atoms with E-state index >= 15 is 0 Å². The van der Waals surface area contributed by atoms with Crippen molar-refractivity contribution in [3.8, 4) is 11.5 Å². The summed E-state index contributed by atoms with van der Waals surface area (Å²) >= 11 is 0. The van der Waals surface area contributed by atoms with Gasteiger partial charge in [-0.3, -0.25) is 28.9 Å². The molecule has 0 aromatic heterocycles. The molecule has 0 saturated heterocycles. The highest BCUT2D eigenvalue weighted by Gasteiger charge is 2.69. The molecule has 3 aliphatic carbocycles. The van der Waals surface area contributed by atoms with Gasteiger partial charge in [0, 0.05) is 49.9 Å². The van der Waals surface area contributed by atoms with Gasteiger partial charge in [0.05, 0.1) is 17.5 Å². The molecule has 0 aliphatic heterocycles. The van der Waals surface area contributed by atoms with Gasteiger partial charge in [-0.25, -0.2) is 0 Å². The van der Waals surface area contributed by atoms with Crippen molar-refractivity contribution >= 4 is 34.7 Å². The molecule has 0 radical (unpaired) electrons. The fourth-order valence-electron chi connectivity index (χ4n) is 7.23. The van der Waals surface area contributed by atoms with E-state index in [-0.39, 0.29) is 43.0 Å². The number of hydrogen-bond donors (Lipinski definition) is 5. The molecule has 12 nitrogen and oxygen atoms in total. The standard InChI is InChI=1S/C31H36N4O8/c1-34(2)19-11-16(13-33-12-14-7-5-6-8-20(14)36)25(37)22-17(19)9-15-10-18-24(35(3)4)27(39)23(30(32)42)29(41)31(18,43)28(40)21(15)26(22)38/h5-8,11,15,18,21,23-24,33,36-37,43H,9-10,12-13H2,1-4H3,(H2,32,42)/t15-,18-,21?,23?,24-,31-/m0/s1. The van der Waals surface area contributed by atoms with Crippen molar-refractivity contribution in [2.45, 2.75) is 37.6 Å². The van der Waals surface area contributed by atoms with Gasteiger partial charge >= 0.3 is 0 Å². The number of primary amides is 1. The maximum Gasteiger partial charge on any atom is 0.235 e. The summed E-state index contributed by atoms with van der Waals surface area (Å²) in [7, 11) is 6.67. The number of carbonyl (C=O) groups excluding carboxylic acids is 5. The number of aliphatic hydroxyl groups is 1. The molecule has 2 unspecified atom stereocenters. The molecule has 5 rings (SSSR count). The van der Waals surface area contributed by atoms with Gasteiger partial charge in [0.25, 0.3) is 0 Å². The summed E-state index contributed by atoms with van der Waals surface area (Å²) in [6, 6.07) is 7.40. The number of phenolic OH excluding ortho intramolecular Hbond substituents is 2. The van der Waals surface area contributed by atoms with E-state index in [1.807, 2.05) is 0 Å². The first kappa shape index (κ1) is 30.3. The van der Waals surface area contributed by atoms with Crippen LogP contribution in [0.4, 0.5) is 5.69 Å². The summed E-state index contributed by atoms with van der Waals surface area (Å²) in [4.78, 5) is 70.3. The average Bonchev–Trinajstić information content (AvgIpc) is 2.92. The van der Waals surface area contributed by atoms with Gasteiger partial charge in [-0.2, -0.15) is 0 Å². The number of amides is 1. The lowest BCUT2D eigenvalue weighted by Crippen LogP contribution is -2.74. The molecule has 3 aliphatic rings. The van der Waals surface area contributed by atoms with Crippen molar-refractivity contribution in [3.05, 3.63) is 52.6 Å². The number of anilines is 1. The van der Waals surface area contributed by atoms with Crippen molar-refractivity contribution in [3.63, 3.8) is 0 Å². The first-order valence-electron chi connectivity index (χ1n) is 14.1. The third-order valence-electron chi connectivity index (χ3n) is 9.22. The van der Waals surface area contributed by atoms with Crippen LogP contribution in [0.5, 0.6) is 11.5 Å². The van der Waals surface area contributed by atoms with Gasteiger partial charge in [-0.1, -0.05) is 18.2 Å². The second-order valence-electron chi connectivity index (χ2n) is 12.2. The first-order valence-corrected chi connectivity index (χ1v) is 14.1. The second kappa shape index (κ2) is 10.9. The van der Waals surface area contributed by atoms with Crippen molar-refractivity contribution in [1.82, 2.24) is 10.2 Å². The van der Waals surface area contributed by atoms with Gasteiger partial charge in [0.15, 0.2) is 34.7 Å². The van der Waals surface area contributed by atoms with Crippen LogP contribution in [0.15, 0.2) is 30.3 Å². The molecular weight excluding hydrogens is 556 g/mol. The number of rotatable bonds is 7. The molecule has 12 heteroatoms. The van der Waals surface area contributed by atoms with Crippen molar-refractivity contribution in [1.29, 1.82) is 0 Å². The topological polar surface area (TPSA) is 191 Å². The minimum absolute atomic E-state index is 0.0125. The quantitative estimate of drug-likeness (QED) is 0.271. The number of aromatic hydroxyl groups is 2. The molecule has 0 spiro atoms. The van der Waals surface area contributed by atoms with E-state index in [4.69, 9.17) is 5.73 Å². The first-order chi connectivity index (χ1) is 20.2. The summed E-state index contributed by atoms with van der Waals surface area (Å²) in [5.41, 5.74) is 4.76. The summed E-state index contributed by atoms with van der Waals surface area (Å²) in [5.74, 6) is -10.7. The average molecular weight is 593 g/mol. The van der Waals surface area contributed by atoms with Gasteiger partial charge in [-0.05, 0) is 50.6 Å². The van der Waals surface area contributed by atoms with Gasteiger partial charge in [0.1, 0.15) is 11.5 Å². The van der Waals surface area contributed by atoms with Crippen molar-refractivity contribution in [2.75, 3.05) is 33.1 Å². The number of carbonyl (C=O) groups is 5. The van der Waals surface area contributed by atoms with E-state index < -0.39 is 64.4 Å². The fourth-order valence-corrected chi connectivity index (χ4v) is 7.23. The van der Waals surface area contributed by atoms with E-state index in [1.165, 1.54) is 4.90 Å². The second-order valence-corrected chi connectivity index (χ2v) is 12.2. The largest absolute Gasteiger partial charge is 0.508 e. The number of nitrogens with two attached hydrogens (primary N) is 1. The highest BCUT2D eigenvalue weighted by Crippen LogP contribution is 2.52. The zero-order chi connectivity index (χ0) is 31.5. The lowest BCUT2D eigenvalue weighted by molar-refractivity contribution is -0.181. The zero-order valence-corrected chi connectivity index (χ0v) is 24.5. The molecule has 0 bridgehead atoms. The third kappa shape index (κ3) is 4.60. The Balaban J connectivity index is 1.55. The fraction of sp³-hybridized carbons (Fsp3) is 0.452. The Kier molecular flexibility index (Phi) is 7.66. The van der Waals surface area contributed by atoms with Crippen LogP contribution in [-0.4, -0.2) is 89.1 Å². The normalized spacial score (nSPS) is 28.4. The Bertz CT molecular complexity index is 1550. The smallest absolute Gasteiger partial charge is 0.235 e. The number of fused-ring (bicyclic) bond motifs is 3. The summed E-state index contributed by atoms with van der Waals surface area (Å²) in [5, 5.41) is 36.4. The number of hydrogen-bond acceptors (Lipinski definition) is 11. The van der Waals surface area contributed by atoms with Crippen LogP contribution in [0.2, 0.25) is 0 Å².